The molecule has 0 radical (unpaired) electrons. The van der Waals surface area contributed by atoms with Crippen molar-refractivity contribution in [3.05, 3.63) is 34.1 Å². The van der Waals surface area contributed by atoms with Gasteiger partial charge in [0.05, 0.1) is 6.10 Å². The Kier molecular flexibility index (Phi) is 3.46. The molecule has 1 nitrogen and oxygen atoms in total. The Bertz CT molecular complexity index is 424. The number of benzene rings is 1. The number of hydrogen-bond acceptors (Lipinski definition) is 1. The molecule has 0 saturated heterocycles. The Balaban J connectivity index is 2.36. The first-order valence-electron chi connectivity index (χ1n) is 6.08. The summed E-state index contributed by atoms with van der Waals surface area (Å²) in [6.45, 7) is 3.78. The molecule has 0 bridgehead atoms. The highest BCUT2D eigenvalue weighted by Crippen LogP contribution is 2.48. The van der Waals surface area contributed by atoms with Crippen molar-refractivity contribution in [1.82, 2.24) is 0 Å². The van der Waals surface area contributed by atoms with Gasteiger partial charge in [-0.15, -0.1) is 0 Å². The molecule has 1 aliphatic rings. The minimum absolute atomic E-state index is 0.117. The third-order valence-corrected chi connectivity index (χ3v) is 4.31. The minimum Gasteiger partial charge on any atom is -0.388 e. The lowest BCUT2D eigenvalue weighted by Gasteiger charge is -2.31. The van der Waals surface area contributed by atoms with E-state index in [1.165, 1.54) is 6.07 Å². The van der Waals surface area contributed by atoms with Crippen molar-refractivity contribution in [1.29, 1.82) is 0 Å². The Labute approximate surface area is 107 Å². The van der Waals surface area contributed by atoms with E-state index in [1.54, 1.807) is 13.0 Å². The molecular formula is C14H18ClFO. The summed E-state index contributed by atoms with van der Waals surface area (Å²) >= 11 is 6.04. The van der Waals surface area contributed by atoms with Crippen molar-refractivity contribution in [2.24, 2.45) is 5.41 Å². The summed E-state index contributed by atoms with van der Waals surface area (Å²) in [6.07, 6.45) is 3.69. The molecule has 1 saturated carbocycles. The van der Waals surface area contributed by atoms with Crippen LogP contribution in [0.4, 0.5) is 4.39 Å². The second-order valence-electron chi connectivity index (χ2n) is 5.39. The van der Waals surface area contributed by atoms with E-state index in [-0.39, 0.29) is 11.2 Å². The molecule has 0 amide bonds. The highest BCUT2D eigenvalue weighted by molar-refractivity contribution is 6.31. The van der Waals surface area contributed by atoms with Gasteiger partial charge in [0.1, 0.15) is 5.82 Å². The lowest BCUT2D eigenvalue weighted by molar-refractivity contribution is 0.0408. The van der Waals surface area contributed by atoms with Gasteiger partial charge in [-0.1, -0.05) is 31.4 Å². The molecule has 0 aromatic heterocycles. The van der Waals surface area contributed by atoms with Crippen LogP contribution in [0.3, 0.4) is 0 Å². The average molecular weight is 257 g/mol. The van der Waals surface area contributed by atoms with Crippen LogP contribution in [0.25, 0.3) is 0 Å². The van der Waals surface area contributed by atoms with Crippen LogP contribution in [0.2, 0.25) is 5.02 Å². The van der Waals surface area contributed by atoms with Crippen LogP contribution in [0, 0.1) is 18.2 Å². The maximum absolute atomic E-state index is 13.3. The fraction of sp³-hybridized carbons (Fsp3) is 0.571. The molecule has 3 heteroatoms. The summed E-state index contributed by atoms with van der Waals surface area (Å²) in [6, 6.07) is 2.97. The van der Waals surface area contributed by atoms with Crippen LogP contribution in [0.1, 0.15) is 49.8 Å². The van der Waals surface area contributed by atoms with Gasteiger partial charge in [0.25, 0.3) is 0 Å². The summed E-state index contributed by atoms with van der Waals surface area (Å²) in [5.74, 6) is -0.317. The van der Waals surface area contributed by atoms with Crippen LogP contribution in [0.15, 0.2) is 12.1 Å². The summed E-state index contributed by atoms with van der Waals surface area (Å²) in [7, 11) is 0. The zero-order chi connectivity index (χ0) is 12.6. The van der Waals surface area contributed by atoms with Gasteiger partial charge >= 0.3 is 0 Å². The molecule has 1 fully saturated rings. The summed E-state index contributed by atoms with van der Waals surface area (Å²) in [4.78, 5) is 0. The monoisotopic (exact) mass is 256 g/mol. The van der Waals surface area contributed by atoms with Gasteiger partial charge in [0.2, 0.25) is 0 Å². The molecule has 1 atom stereocenters. The first-order chi connectivity index (χ1) is 7.94. The Hall–Kier alpha value is -0.600. The van der Waals surface area contributed by atoms with Crippen molar-refractivity contribution < 1.29 is 9.50 Å². The topological polar surface area (TPSA) is 20.2 Å². The van der Waals surface area contributed by atoms with Crippen LogP contribution in [0.5, 0.6) is 0 Å². The highest BCUT2D eigenvalue weighted by Gasteiger charge is 2.37. The molecule has 0 spiro atoms. The minimum atomic E-state index is -0.600. The highest BCUT2D eigenvalue weighted by atomic mass is 35.5. The predicted molar refractivity (Wildman–Crippen MR) is 67.7 cm³/mol. The zero-order valence-electron chi connectivity index (χ0n) is 10.3. The largest absolute Gasteiger partial charge is 0.388 e. The summed E-state index contributed by atoms with van der Waals surface area (Å²) < 4.78 is 13.3. The third kappa shape index (κ3) is 2.34. The molecule has 2 rings (SSSR count). The maximum Gasteiger partial charge on any atom is 0.127 e. The van der Waals surface area contributed by atoms with Crippen LogP contribution in [-0.4, -0.2) is 5.11 Å². The predicted octanol–water partition coefficient (Wildman–Crippen LogP) is 4.40. The van der Waals surface area contributed by atoms with Gasteiger partial charge in [-0.25, -0.2) is 4.39 Å². The maximum atomic E-state index is 13.3. The van der Waals surface area contributed by atoms with Crippen LogP contribution < -0.4 is 0 Å². The lowest BCUT2D eigenvalue weighted by Crippen LogP contribution is -2.22. The smallest absolute Gasteiger partial charge is 0.127 e. The molecule has 0 aliphatic heterocycles. The second kappa shape index (κ2) is 4.58. The molecule has 1 N–H and O–H groups in total. The Morgan fingerprint density at radius 3 is 2.53 bits per heavy atom. The van der Waals surface area contributed by atoms with E-state index in [9.17, 15) is 9.50 Å². The summed E-state index contributed by atoms with van der Waals surface area (Å²) in [5.41, 5.74) is 1.08. The number of hydrogen-bond donors (Lipinski definition) is 1. The number of aliphatic hydroxyl groups excluding tert-OH is 1. The number of aliphatic hydroxyl groups is 1. The van der Waals surface area contributed by atoms with Crippen molar-refractivity contribution >= 4 is 11.6 Å². The number of halogens is 2. The van der Waals surface area contributed by atoms with Crippen molar-refractivity contribution in [2.45, 2.75) is 45.6 Å². The van der Waals surface area contributed by atoms with Gasteiger partial charge in [-0.3, -0.25) is 0 Å². The summed E-state index contributed by atoms with van der Waals surface area (Å²) in [5, 5.41) is 10.8. The Morgan fingerprint density at radius 1 is 1.35 bits per heavy atom. The van der Waals surface area contributed by atoms with Crippen molar-refractivity contribution in [3.8, 4) is 0 Å². The van der Waals surface area contributed by atoms with E-state index < -0.39 is 6.10 Å². The van der Waals surface area contributed by atoms with E-state index in [0.717, 1.165) is 25.7 Å². The fourth-order valence-corrected chi connectivity index (χ4v) is 2.97. The molecule has 0 heterocycles. The van der Waals surface area contributed by atoms with Crippen LogP contribution in [-0.2, 0) is 0 Å². The molecule has 1 aliphatic carbocycles. The fourth-order valence-electron chi connectivity index (χ4n) is 2.72. The molecule has 94 valence electrons. The van der Waals surface area contributed by atoms with E-state index >= 15 is 0 Å². The third-order valence-electron chi connectivity index (χ3n) is 3.98. The number of rotatable bonds is 2. The first-order valence-corrected chi connectivity index (χ1v) is 6.45. The van der Waals surface area contributed by atoms with E-state index in [4.69, 9.17) is 11.6 Å². The van der Waals surface area contributed by atoms with E-state index in [0.29, 0.717) is 16.1 Å². The normalized spacial score (nSPS) is 20.5. The molecule has 1 aromatic rings. The first kappa shape index (κ1) is 12.8. The lowest BCUT2D eigenvalue weighted by atomic mass is 9.79. The SMILES string of the molecule is Cc1cc(C(O)C2(C)CCCC2)c(Cl)cc1F. The molecule has 1 unspecified atom stereocenters. The van der Waals surface area contributed by atoms with Gasteiger partial charge in [0.15, 0.2) is 0 Å². The van der Waals surface area contributed by atoms with Gasteiger partial charge in [-0.2, -0.15) is 0 Å². The molecule has 17 heavy (non-hydrogen) atoms. The Morgan fingerprint density at radius 2 is 1.94 bits per heavy atom. The van der Waals surface area contributed by atoms with Crippen molar-refractivity contribution in [2.75, 3.05) is 0 Å². The average Bonchev–Trinajstić information content (AvgIpc) is 2.71. The van der Waals surface area contributed by atoms with E-state index in [2.05, 4.69) is 6.92 Å². The standard InChI is InChI=1S/C14H18ClFO/c1-9-7-10(11(15)8-12(9)16)13(17)14(2)5-3-4-6-14/h7-8,13,17H,3-6H2,1-2H3. The van der Waals surface area contributed by atoms with Crippen molar-refractivity contribution in [3.63, 3.8) is 0 Å². The molecular weight excluding hydrogens is 239 g/mol. The quantitative estimate of drug-likeness (QED) is 0.832. The second-order valence-corrected chi connectivity index (χ2v) is 5.79. The van der Waals surface area contributed by atoms with Crippen LogP contribution >= 0.6 is 11.6 Å². The molecule has 1 aromatic carbocycles. The number of aryl methyl sites for hydroxylation is 1. The van der Waals surface area contributed by atoms with Gasteiger partial charge in [0, 0.05) is 10.6 Å². The van der Waals surface area contributed by atoms with E-state index in [1.807, 2.05) is 0 Å². The zero-order valence-corrected chi connectivity index (χ0v) is 11.0. The van der Waals surface area contributed by atoms with Gasteiger partial charge in [-0.05, 0) is 42.9 Å². The van der Waals surface area contributed by atoms with Gasteiger partial charge < -0.3 is 5.11 Å².